The Morgan fingerprint density at radius 3 is 2.33 bits per heavy atom. The van der Waals surface area contributed by atoms with Crippen molar-refractivity contribution in [1.82, 2.24) is 4.31 Å². The Balaban J connectivity index is 1.82. The summed E-state index contributed by atoms with van der Waals surface area (Å²) in [5.41, 5.74) is 1.99. The first-order valence-electron chi connectivity index (χ1n) is 9.01. The molecule has 1 aliphatic rings. The van der Waals surface area contributed by atoms with Crippen molar-refractivity contribution >= 4 is 27.3 Å². The Kier molecular flexibility index (Phi) is 5.99. The monoisotopic (exact) mass is 408 g/mol. The molecule has 7 heteroatoms. The van der Waals surface area contributed by atoms with E-state index in [1.807, 2.05) is 44.2 Å². The van der Waals surface area contributed by atoms with Crippen molar-refractivity contribution in [3.05, 3.63) is 53.1 Å². The van der Waals surface area contributed by atoms with Crippen LogP contribution >= 0.6 is 11.6 Å². The van der Waals surface area contributed by atoms with Gasteiger partial charge in [-0.1, -0.05) is 37.6 Å². The third-order valence-electron chi connectivity index (χ3n) is 4.88. The molecule has 3 rings (SSSR count). The van der Waals surface area contributed by atoms with Gasteiger partial charge in [0, 0.05) is 36.9 Å². The molecule has 0 saturated carbocycles. The number of ether oxygens (including phenoxy) is 1. The zero-order valence-electron chi connectivity index (χ0n) is 15.9. The molecule has 0 spiro atoms. The summed E-state index contributed by atoms with van der Waals surface area (Å²) in [4.78, 5) is 2.40. The first-order chi connectivity index (χ1) is 12.8. The van der Waals surface area contributed by atoms with E-state index in [2.05, 4.69) is 4.90 Å². The number of rotatable bonds is 5. The summed E-state index contributed by atoms with van der Waals surface area (Å²) in [5.74, 6) is 0.626. The predicted molar refractivity (Wildman–Crippen MR) is 110 cm³/mol. The molecule has 0 amide bonds. The fourth-order valence-electron chi connectivity index (χ4n) is 3.25. The summed E-state index contributed by atoms with van der Waals surface area (Å²) >= 11 is 6.07. The van der Waals surface area contributed by atoms with Gasteiger partial charge in [0.15, 0.2) is 0 Å². The highest BCUT2D eigenvalue weighted by Gasteiger charge is 2.31. The van der Waals surface area contributed by atoms with Crippen LogP contribution in [0.15, 0.2) is 47.4 Å². The van der Waals surface area contributed by atoms with Crippen LogP contribution in [-0.2, 0) is 10.0 Å². The Morgan fingerprint density at radius 1 is 1.04 bits per heavy atom. The van der Waals surface area contributed by atoms with E-state index in [0.29, 0.717) is 37.0 Å². The molecule has 146 valence electrons. The van der Waals surface area contributed by atoms with Crippen molar-refractivity contribution in [1.29, 1.82) is 0 Å². The third-order valence-corrected chi connectivity index (χ3v) is 7.04. The Bertz CT molecular complexity index is 907. The minimum atomic E-state index is -3.62. The molecule has 2 aromatic carbocycles. The molecule has 1 fully saturated rings. The Morgan fingerprint density at radius 2 is 1.74 bits per heavy atom. The lowest BCUT2D eigenvalue weighted by Gasteiger charge is -2.35. The molecule has 0 aliphatic carbocycles. The molecule has 1 saturated heterocycles. The summed E-state index contributed by atoms with van der Waals surface area (Å²) in [5, 5.41) is 0.679. The van der Waals surface area contributed by atoms with Crippen molar-refractivity contribution in [2.75, 3.05) is 38.2 Å². The molecule has 27 heavy (non-hydrogen) atoms. The van der Waals surface area contributed by atoms with Crippen LogP contribution in [0.25, 0.3) is 0 Å². The van der Waals surface area contributed by atoms with E-state index in [9.17, 15) is 8.42 Å². The fraction of sp³-hybridized carbons (Fsp3) is 0.400. The second kappa shape index (κ2) is 8.09. The average Bonchev–Trinajstić information content (AvgIpc) is 2.67. The van der Waals surface area contributed by atoms with Crippen LogP contribution in [0, 0.1) is 0 Å². The first-order valence-corrected chi connectivity index (χ1v) is 10.8. The van der Waals surface area contributed by atoms with E-state index in [1.165, 1.54) is 11.4 Å². The zero-order chi connectivity index (χ0) is 19.6. The smallest absolute Gasteiger partial charge is 0.246 e. The number of benzene rings is 2. The van der Waals surface area contributed by atoms with Crippen LogP contribution in [0.3, 0.4) is 0 Å². The maximum Gasteiger partial charge on any atom is 0.246 e. The summed E-state index contributed by atoms with van der Waals surface area (Å²) in [6, 6.07) is 13.0. The summed E-state index contributed by atoms with van der Waals surface area (Å²) in [6.45, 7) is 6.16. The minimum absolute atomic E-state index is 0.240. The van der Waals surface area contributed by atoms with E-state index in [-0.39, 0.29) is 10.8 Å². The fourth-order valence-corrected chi connectivity index (χ4v) is 5.05. The van der Waals surface area contributed by atoms with Gasteiger partial charge in [-0.25, -0.2) is 8.42 Å². The van der Waals surface area contributed by atoms with Crippen molar-refractivity contribution < 1.29 is 13.2 Å². The number of hydrogen-bond acceptors (Lipinski definition) is 4. The number of piperazine rings is 1. The molecule has 0 radical (unpaired) electrons. The topological polar surface area (TPSA) is 49.9 Å². The van der Waals surface area contributed by atoms with Crippen LogP contribution in [0.1, 0.15) is 25.3 Å². The standard InChI is InChI=1S/C20H25ClN2O3S/c1-15(2)16-7-8-19(26-3)20(13-16)27(24,25)23-11-9-22(10-12-23)18-6-4-5-17(21)14-18/h4-8,13-15H,9-12H2,1-3H3. The van der Waals surface area contributed by atoms with Gasteiger partial charge in [-0.3, -0.25) is 0 Å². The Labute approximate surface area is 166 Å². The summed E-state index contributed by atoms with van der Waals surface area (Å²) in [7, 11) is -2.12. The SMILES string of the molecule is COc1ccc(C(C)C)cc1S(=O)(=O)N1CCN(c2cccc(Cl)c2)CC1. The number of nitrogens with zero attached hydrogens (tertiary/aromatic N) is 2. The number of sulfonamides is 1. The van der Waals surface area contributed by atoms with Crippen molar-refractivity contribution in [2.45, 2.75) is 24.7 Å². The lowest BCUT2D eigenvalue weighted by Crippen LogP contribution is -2.48. The van der Waals surface area contributed by atoms with Gasteiger partial charge in [0.25, 0.3) is 0 Å². The van der Waals surface area contributed by atoms with Crippen LogP contribution in [0.4, 0.5) is 5.69 Å². The van der Waals surface area contributed by atoms with E-state index >= 15 is 0 Å². The molecule has 0 atom stereocenters. The van der Waals surface area contributed by atoms with Gasteiger partial charge in [0.1, 0.15) is 10.6 Å². The van der Waals surface area contributed by atoms with Gasteiger partial charge in [-0.15, -0.1) is 0 Å². The van der Waals surface area contributed by atoms with Gasteiger partial charge in [-0.2, -0.15) is 4.31 Å². The van der Waals surface area contributed by atoms with Crippen LogP contribution in [-0.4, -0.2) is 46.0 Å². The molecule has 0 N–H and O–H groups in total. The largest absolute Gasteiger partial charge is 0.495 e. The molecule has 0 aromatic heterocycles. The molecule has 1 heterocycles. The lowest BCUT2D eigenvalue weighted by molar-refractivity contribution is 0.374. The van der Waals surface area contributed by atoms with Gasteiger partial charge in [0.2, 0.25) is 10.0 Å². The number of anilines is 1. The molecular weight excluding hydrogens is 384 g/mol. The van der Waals surface area contributed by atoms with E-state index in [4.69, 9.17) is 16.3 Å². The normalized spacial score (nSPS) is 16.0. The number of halogens is 1. The molecule has 1 aliphatic heterocycles. The van der Waals surface area contributed by atoms with Crippen molar-refractivity contribution in [2.24, 2.45) is 0 Å². The zero-order valence-corrected chi connectivity index (χ0v) is 17.4. The van der Waals surface area contributed by atoms with Crippen molar-refractivity contribution in [3.63, 3.8) is 0 Å². The first kappa shape index (κ1) is 20.0. The van der Waals surface area contributed by atoms with Crippen LogP contribution < -0.4 is 9.64 Å². The number of methoxy groups -OCH3 is 1. The number of hydrogen-bond donors (Lipinski definition) is 0. The maximum absolute atomic E-state index is 13.2. The van der Waals surface area contributed by atoms with E-state index < -0.39 is 10.0 Å². The third kappa shape index (κ3) is 4.23. The van der Waals surface area contributed by atoms with Crippen molar-refractivity contribution in [3.8, 4) is 5.75 Å². The predicted octanol–water partition coefficient (Wildman–Crippen LogP) is 3.98. The maximum atomic E-state index is 13.2. The van der Waals surface area contributed by atoms with Gasteiger partial charge in [0.05, 0.1) is 7.11 Å². The summed E-state index contributed by atoms with van der Waals surface area (Å²) < 4.78 is 33.4. The average molecular weight is 409 g/mol. The highest BCUT2D eigenvalue weighted by Crippen LogP contribution is 2.31. The second-order valence-electron chi connectivity index (χ2n) is 6.94. The van der Waals surface area contributed by atoms with Gasteiger partial charge in [-0.05, 0) is 41.8 Å². The lowest BCUT2D eigenvalue weighted by atomic mass is 10.0. The minimum Gasteiger partial charge on any atom is -0.495 e. The quantitative estimate of drug-likeness (QED) is 0.750. The Hall–Kier alpha value is -1.76. The molecular formula is C20H25ClN2O3S. The molecule has 0 unspecified atom stereocenters. The van der Waals surface area contributed by atoms with E-state index in [1.54, 1.807) is 12.1 Å². The highest BCUT2D eigenvalue weighted by atomic mass is 35.5. The highest BCUT2D eigenvalue weighted by molar-refractivity contribution is 7.89. The molecule has 2 aromatic rings. The van der Waals surface area contributed by atoms with Crippen LogP contribution in [0.5, 0.6) is 5.75 Å². The molecule has 5 nitrogen and oxygen atoms in total. The molecule has 0 bridgehead atoms. The van der Waals surface area contributed by atoms with E-state index in [0.717, 1.165) is 11.3 Å². The second-order valence-corrected chi connectivity index (χ2v) is 9.28. The van der Waals surface area contributed by atoms with Gasteiger partial charge >= 0.3 is 0 Å². The summed E-state index contributed by atoms with van der Waals surface area (Å²) in [6.07, 6.45) is 0. The van der Waals surface area contributed by atoms with Crippen LogP contribution in [0.2, 0.25) is 5.02 Å². The van der Waals surface area contributed by atoms with Gasteiger partial charge < -0.3 is 9.64 Å².